The molecule has 156 valence electrons. The summed E-state index contributed by atoms with van der Waals surface area (Å²) in [6, 6.07) is 10.9. The number of halogens is 2. The molecule has 3 rings (SSSR count). The Kier molecular flexibility index (Phi) is 8.25. The van der Waals surface area contributed by atoms with Crippen LogP contribution >= 0.6 is 23.4 Å². The molecule has 0 aromatic heterocycles. The highest BCUT2D eigenvalue weighted by Crippen LogP contribution is 2.26. The van der Waals surface area contributed by atoms with Crippen molar-refractivity contribution in [2.75, 3.05) is 12.3 Å². The van der Waals surface area contributed by atoms with Crippen LogP contribution in [0, 0.1) is 5.82 Å². The van der Waals surface area contributed by atoms with Crippen LogP contribution < -0.4 is 10.1 Å². The topological polar surface area (TPSA) is 38.3 Å². The molecule has 1 N–H and O–H groups in total. The van der Waals surface area contributed by atoms with Crippen molar-refractivity contribution in [3.05, 3.63) is 63.9 Å². The SMILES string of the molecule is CC[C@@H](Oc1ccc2c(c1)CCCC2)C(=O)NCCSCc1c(F)cccc1Cl. The van der Waals surface area contributed by atoms with Gasteiger partial charge in [-0.15, -0.1) is 0 Å². The van der Waals surface area contributed by atoms with Crippen LogP contribution in [0.15, 0.2) is 36.4 Å². The lowest BCUT2D eigenvalue weighted by molar-refractivity contribution is -0.127. The van der Waals surface area contributed by atoms with E-state index in [-0.39, 0.29) is 11.7 Å². The van der Waals surface area contributed by atoms with Gasteiger partial charge in [-0.05, 0) is 67.5 Å². The number of fused-ring (bicyclic) bond motifs is 1. The summed E-state index contributed by atoms with van der Waals surface area (Å²) >= 11 is 7.57. The highest BCUT2D eigenvalue weighted by Gasteiger charge is 2.19. The molecular weight excluding hydrogens is 409 g/mol. The molecule has 0 heterocycles. The minimum atomic E-state index is -0.511. The number of aryl methyl sites for hydroxylation is 2. The maximum Gasteiger partial charge on any atom is 0.261 e. The second-order valence-electron chi connectivity index (χ2n) is 7.20. The van der Waals surface area contributed by atoms with Crippen LogP contribution in [0.4, 0.5) is 4.39 Å². The van der Waals surface area contributed by atoms with Gasteiger partial charge in [-0.3, -0.25) is 4.79 Å². The van der Waals surface area contributed by atoms with Crippen molar-refractivity contribution in [1.29, 1.82) is 0 Å². The molecule has 0 aliphatic heterocycles. The average molecular weight is 436 g/mol. The lowest BCUT2D eigenvalue weighted by Gasteiger charge is -2.20. The van der Waals surface area contributed by atoms with E-state index in [4.69, 9.17) is 16.3 Å². The monoisotopic (exact) mass is 435 g/mol. The molecule has 1 aliphatic rings. The Morgan fingerprint density at radius 2 is 2.03 bits per heavy atom. The third kappa shape index (κ3) is 6.13. The Labute approximate surface area is 181 Å². The predicted molar refractivity (Wildman–Crippen MR) is 118 cm³/mol. The Balaban J connectivity index is 1.44. The number of hydrogen-bond acceptors (Lipinski definition) is 3. The lowest BCUT2D eigenvalue weighted by atomic mass is 9.92. The quantitative estimate of drug-likeness (QED) is 0.523. The molecule has 0 bridgehead atoms. The van der Waals surface area contributed by atoms with Gasteiger partial charge in [0, 0.05) is 28.6 Å². The summed E-state index contributed by atoms with van der Waals surface area (Å²) in [5.74, 6) is 1.50. The van der Waals surface area contributed by atoms with E-state index in [1.54, 1.807) is 12.1 Å². The Morgan fingerprint density at radius 1 is 1.24 bits per heavy atom. The molecule has 1 atom stereocenters. The number of nitrogens with one attached hydrogen (secondary N) is 1. The van der Waals surface area contributed by atoms with Gasteiger partial charge in [0.15, 0.2) is 6.10 Å². The lowest BCUT2D eigenvalue weighted by Crippen LogP contribution is -2.39. The van der Waals surface area contributed by atoms with Gasteiger partial charge in [-0.1, -0.05) is 30.7 Å². The summed E-state index contributed by atoms with van der Waals surface area (Å²) in [6.07, 6.45) is 4.75. The average Bonchev–Trinajstić information content (AvgIpc) is 2.73. The molecule has 0 unspecified atom stereocenters. The molecule has 6 heteroatoms. The number of rotatable bonds is 9. The van der Waals surface area contributed by atoms with Crippen molar-refractivity contribution >= 4 is 29.3 Å². The van der Waals surface area contributed by atoms with Gasteiger partial charge < -0.3 is 10.1 Å². The Hall–Kier alpha value is -1.72. The van der Waals surface area contributed by atoms with E-state index < -0.39 is 6.10 Å². The fourth-order valence-corrected chi connectivity index (χ4v) is 4.67. The molecular formula is C23H27ClFNO2S. The number of carbonyl (C=O) groups is 1. The number of benzene rings is 2. The molecule has 3 nitrogen and oxygen atoms in total. The van der Waals surface area contributed by atoms with Gasteiger partial charge in [0.2, 0.25) is 0 Å². The highest BCUT2D eigenvalue weighted by molar-refractivity contribution is 7.98. The number of thioether (sulfide) groups is 1. The first-order valence-electron chi connectivity index (χ1n) is 10.1. The molecule has 1 aliphatic carbocycles. The van der Waals surface area contributed by atoms with Crippen molar-refractivity contribution in [2.45, 2.75) is 50.9 Å². The largest absolute Gasteiger partial charge is 0.481 e. The fraction of sp³-hybridized carbons (Fsp3) is 0.435. The molecule has 1 amide bonds. The van der Waals surface area contributed by atoms with Crippen LogP contribution in [-0.2, 0) is 23.4 Å². The third-order valence-electron chi connectivity index (χ3n) is 5.12. The van der Waals surface area contributed by atoms with E-state index in [9.17, 15) is 9.18 Å². The molecule has 0 radical (unpaired) electrons. The van der Waals surface area contributed by atoms with E-state index in [1.165, 1.54) is 41.8 Å². The van der Waals surface area contributed by atoms with Crippen molar-refractivity contribution in [3.63, 3.8) is 0 Å². The first kappa shape index (κ1) is 22.0. The first-order chi connectivity index (χ1) is 14.1. The molecule has 2 aromatic carbocycles. The zero-order chi connectivity index (χ0) is 20.6. The standard InChI is InChI=1S/C23H27ClFNO2S/c1-2-22(28-18-11-10-16-6-3-4-7-17(16)14-18)23(27)26-12-13-29-15-19-20(24)8-5-9-21(19)25/h5,8-11,14,22H,2-4,6-7,12-13,15H2,1H3,(H,26,27)/t22-/m1/s1. The summed E-state index contributed by atoms with van der Waals surface area (Å²) in [5, 5.41) is 3.36. The summed E-state index contributed by atoms with van der Waals surface area (Å²) in [6.45, 7) is 2.44. The van der Waals surface area contributed by atoms with Gasteiger partial charge >= 0.3 is 0 Å². The predicted octanol–water partition coefficient (Wildman–Crippen LogP) is 5.56. The second-order valence-corrected chi connectivity index (χ2v) is 8.71. The van der Waals surface area contributed by atoms with Crippen LogP contribution in [0.1, 0.15) is 42.9 Å². The normalized spacial score (nSPS) is 14.2. The fourth-order valence-electron chi connectivity index (χ4n) is 3.47. The highest BCUT2D eigenvalue weighted by atomic mass is 35.5. The summed E-state index contributed by atoms with van der Waals surface area (Å²) in [4.78, 5) is 12.5. The Bertz CT molecular complexity index is 825. The van der Waals surface area contributed by atoms with Crippen molar-refractivity contribution in [3.8, 4) is 5.75 Å². The summed E-state index contributed by atoms with van der Waals surface area (Å²) in [7, 11) is 0. The molecule has 0 saturated heterocycles. The van der Waals surface area contributed by atoms with Crippen LogP contribution in [0.5, 0.6) is 5.75 Å². The van der Waals surface area contributed by atoms with Crippen LogP contribution in [-0.4, -0.2) is 24.3 Å². The summed E-state index contributed by atoms with van der Waals surface area (Å²) in [5.41, 5.74) is 3.24. The molecule has 2 aromatic rings. The minimum absolute atomic E-state index is 0.116. The zero-order valence-electron chi connectivity index (χ0n) is 16.7. The first-order valence-corrected chi connectivity index (χ1v) is 11.7. The van der Waals surface area contributed by atoms with E-state index in [0.29, 0.717) is 35.1 Å². The minimum Gasteiger partial charge on any atom is -0.481 e. The maximum absolute atomic E-state index is 13.8. The number of ether oxygens (including phenoxy) is 1. The van der Waals surface area contributed by atoms with Crippen LogP contribution in [0.2, 0.25) is 5.02 Å². The molecule has 0 spiro atoms. The van der Waals surface area contributed by atoms with Gasteiger partial charge in [0.05, 0.1) is 0 Å². The van der Waals surface area contributed by atoms with Crippen LogP contribution in [0.3, 0.4) is 0 Å². The summed E-state index contributed by atoms with van der Waals surface area (Å²) < 4.78 is 19.7. The van der Waals surface area contributed by atoms with Gasteiger partial charge in [0.25, 0.3) is 5.91 Å². The van der Waals surface area contributed by atoms with Gasteiger partial charge in [-0.25, -0.2) is 4.39 Å². The van der Waals surface area contributed by atoms with E-state index in [1.807, 2.05) is 13.0 Å². The molecule has 0 fully saturated rings. The van der Waals surface area contributed by atoms with Gasteiger partial charge in [-0.2, -0.15) is 11.8 Å². The number of amides is 1. The van der Waals surface area contributed by atoms with E-state index in [0.717, 1.165) is 18.6 Å². The third-order valence-corrected chi connectivity index (χ3v) is 6.45. The smallest absolute Gasteiger partial charge is 0.261 e. The molecule has 0 saturated carbocycles. The maximum atomic E-state index is 13.8. The van der Waals surface area contributed by atoms with E-state index >= 15 is 0 Å². The van der Waals surface area contributed by atoms with Crippen molar-refractivity contribution in [1.82, 2.24) is 5.32 Å². The van der Waals surface area contributed by atoms with Crippen LogP contribution in [0.25, 0.3) is 0 Å². The second kappa shape index (κ2) is 10.9. The Morgan fingerprint density at radius 3 is 2.79 bits per heavy atom. The molecule has 29 heavy (non-hydrogen) atoms. The van der Waals surface area contributed by atoms with Gasteiger partial charge in [0.1, 0.15) is 11.6 Å². The number of carbonyl (C=O) groups excluding carboxylic acids is 1. The van der Waals surface area contributed by atoms with Crippen molar-refractivity contribution < 1.29 is 13.9 Å². The van der Waals surface area contributed by atoms with Crippen molar-refractivity contribution in [2.24, 2.45) is 0 Å². The van der Waals surface area contributed by atoms with E-state index in [2.05, 4.69) is 17.4 Å². The zero-order valence-corrected chi connectivity index (χ0v) is 18.3. The number of hydrogen-bond donors (Lipinski definition) is 1.